The summed E-state index contributed by atoms with van der Waals surface area (Å²) in [5.41, 5.74) is 1.01. The van der Waals surface area contributed by atoms with Crippen molar-refractivity contribution in [1.29, 1.82) is 0 Å². The van der Waals surface area contributed by atoms with E-state index in [1.54, 1.807) is 25.1 Å². The summed E-state index contributed by atoms with van der Waals surface area (Å²) in [7, 11) is -3.69. The van der Waals surface area contributed by atoms with Crippen molar-refractivity contribution in [2.24, 2.45) is 0 Å². The largest absolute Gasteiger partial charge is 0.384 e. The average Bonchev–Trinajstić information content (AvgIpc) is 2.17. The minimum absolute atomic E-state index is 0.167. The number of alkyl halides is 1. The predicted molar refractivity (Wildman–Crippen MR) is 67.0 cm³/mol. The topological polar surface area (TPSA) is 43.4 Å². The van der Waals surface area contributed by atoms with Crippen LogP contribution in [0, 0.1) is 6.92 Å². The molecule has 1 rings (SSSR count). The zero-order valence-corrected chi connectivity index (χ0v) is 11.5. The van der Waals surface area contributed by atoms with Crippen molar-refractivity contribution in [1.82, 2.24) is 0 Å². The second-order valence-electron chi connectivity index (χ2n) is 3.32. The van der Waals surface area contributed by atoms with Gasteiger partial charge in [-0.1, -0.05) is 33.6 Å². The van der Waals surface area contributed by atoms with Gasteiger partial charge in [-0.3, -0.25) is 0 Å². The highest BCUT2D eigenvalue weighted by atomic mass is 79.9. The average molecular weight is 305 g/mol. The summed E-state index contributed by atoms with van der Waals surface area (Å²) in [4.78, 5) is 0.167. The molecule has 5 heteroatoms. The third-order valence-electron chi connectivity index (χ3n) is 1.92. The van der Waals surface area contributed by atoms with E-state index in [1.807, 2.05) is 6.92 Å². The molecule has 0 N–H and O–H groups in total. The van der Waals surface area contributed by atoms with Gasteiger partial charge in [-0.25, -0.2) is 0 Å². The van der Waals surface area contributed by atoms with Crippen LogP contribution in [0.4, 0.5) is 0 Å². The Hall–Kier alpha value is -0.810. The lowest BCUT2D eigenvalue weighted by Gasteiger charge is -2.06. The van der Waals surface area contributed by atoms with Crippen molar-refractivity contribution < 1.29 is 12.6 Å². The summed E-state index contributed by atoms with van der Waals surface area (Å²) in [5, 5.41) is 0.558. The van der Waals surface area contributed by atoms with E-state index in [9.17, 15) is 8.42 Å². The van der Waals surface area contributed by atoms with E-state index >= 15 is 0 Å². The van der Waals surface area contributed by atoms with Gasteiger partial charge in [-0.15, -0.1) is 0 Å². The van der Waals surface area contributed by atoms with Gasteiger partial charge in [0.2, 0.25) is 0 Å². The molecule has 1 aromatic rings. The number of halogens is 1. The fraction of sp³-hybridized carbons (Fsp3) is 0.273. The van der Waals surface area contributed by atoms with Crippen molar-refractivity contribution in [2.75, 3.05) is 5.33 Å². The summed E-state index contributed by atoms with van der Waals surface area (Å²) >= 11 is 3.17. The molecule has 0 aliphatic rings. The SMILES string of the molecule is C/C(=C\CBr)OS(=O)(=O)c1ccc(C)cc1. The second-order valence-corrected chi connectivity index (χ2v) is 5.51. The Bertz CT molecular complexity index is 474. The van der Waals surface area contributed by atoms with Crippen LogP contribution in [0.2, 0.25) is 0 Å². The number of hydrogen-bond acceptors (Lipinski definition) is 3. The van der Waals surface area contributed by atoms with Crippen LogP contribution < -0.4 is 0 Å². The molecule has 1 aromatic carbocycles. The highest BCUT2D eigenvalue weighted by Crippen LogP contribution is 2.16. The lowest BCUT2D eigenvalue weighted by molar-refractivity contribution is 0.407. The maximum atomic E-state index is 11.8. The molecule has 0 atom stereocenters. The third kappa shape index (κ3) is 3.64. The van der Waals surface area contributed by atoms with E-state index in [2.05, 4.69) is 15.9 Å². The Kier molecular flexibility index (Phi) is 4.56. The van der Waals surface area contributed by atoms with Gasteiger partial charge >= 0.3 is 10.1 Å². The van der Waals surface area contributed by atoms with Crippen LogP contribution in [-0.4, -0.2) is 13.7 Å². The van der Waals surface area contributed by atoms with Crippen molar-refractivity contribution in [2.45, 2.75) is 18.7 Å². The summed E-state index contributed by atoms with van der Waals surface area (Å²) < 4.78 is 28.4. The van der Waals surface area contributed by atoms with Crippen LogP contribution in [-0.2, 0) is 14.3 Å². The monoisotopic (exact) mass is 304 g/mol. The van der Waals surface area contributed by atoms with E-state index in [4.69, 9.17) is 4.18 Å². The van der Waals surface area contributed by atoms with E-state index in [0.29, 0.717) is 11.1 Å². The molecule has 0 aromatic heterocycles. The Labute approximate surface area is 104 Å². The number of benzene rings is 1. The van der Waals surface area contributed by atoms with Crippen LogP contribution in [0.15, 0.2) is 41.0 Å². The predicted octanol–water partition coefficient (Wildman–Crippen LogP) is 3.00. The van der Waals surface area contributed by atoms with Gasteiger partial charge in [0.1, 0.15) is 10.7 Å². The molecule has 0 fully saturated rings. The molecule has 0 spiro atoms. The van der Waals surface area contributed by atoms with Gasteiger partial charge in [-0.05, 0) is 32.1 Å². The first-order valence-corrected chi connectivity index (χ1v) is 7.22. The number of rotatable bonds is 4. The Morgan fingerprint density at radius 2 is 1.94 bits per heavy atom. The van der Waals surface area contributed by atoms with Crippen molar-refractivity contribution in [3.63, 3.8) is 0 Å². The smallest absolute Gasteiger partial charge is 0.338 e. The standard InChI is InChI=1S/C11H13BrO3S/c1-9-3-5-11(6-4-9)16(13,14)15-10(2)7-8-12/h3-7H,8H2,1-2H3/b10-7+. The van der Waals surface area contributed by atoms with Gasteiger partial charge < -0.3 is 4.18 Å². The summed E-state index contributed by atoms with van der Waals surface area (Å²) in [6, 6.07) is 6.54. The molecule has 88 valence electrons. The Morgan fingerprint density at radius 1 is 1.38 bits per heavy atom. The lowest BCUT2D eigenvalue weighted by Crippen LogP contribution is -2.05. The van der Waals surface area contributed by atoms with Gasteiger partial charge in [0.15, 0.2) is 0 Å². The molecule has 0 radical (unpaired) electrons. The Balaban J connectivity index is 2.95. The second kappa shape index (κ2) is 5.50. The fourth-order valence-electron chi connectivity index (χ4n) is 1.07. The first-order valence-electron chi connectivity index (χ1n) is 4.69. The minimum atomic E-state index is -3.69. The molecule has 0 aliphatic carbocycles. The normalized spacial score (nSPS) is 12.6. The zero-order valence-electron chi connectivity index (χ0n) is 9.10. The van der Waals surface area contributed by atoms with E-state index in [1.165, 1.54) is 12.1 Å². The maximum absolute atomic E-state index is 11.8. The van der Waals surface area contributed by atoms with E-state index < -0.39 is 10.1 Å². The summed E-state index contributed by atoms with van der Waals surface area (Å²) in [6.07, 6.45) is 1.64. The third-order valence-corrected chi connectivity index (χ3v) is 3.57. The molecule has 0 saturated heterocycles. The van der Waals surface area contributed by atoms with Gasteiger partial charge in [-0.2, -0.15) is 8.42 Å². The molecule has 0 aliphatic heterocycles. The summed E-state index contributed by atoms with van der Waals surface area (Å²) in [6.45, 7) is 3.50. The fourth-order valence-corrected chi connectivity index (χ4v) is 2.50. The van der Waals surface area contributed by atoms with Crippen LogP contribution in [0.5, 0.6) is 0 Å². The van der Waals surface area contributed by atoms with E-state index in [0.717, 1.165) is 5.56 Å². The Morgan fingerprint density at radius 3 is 2.44 bits per heavy atom. The highest BCUT2D eigenvalue weighted by molar-refractivity contribution is 9.09. The van der Waals surface area contributed by atoms with Crippen molar-refractivity contribution >= 4 is 26.0 Å². The van der Waals surface area contributed by atoms with Crippen LogP contribution in [0.3, 0.4) is 0 Å². The van der Waals surface area contributed by atoms with Gasteiger partial charge in [0, 0.05) is 5.33 Å². The first-order chi connectivity index (χ1) is 7.45. The first kappa shape index (κ1) is 13.3. The maximum Gasteiger partial charge on any atom is 0.338 e. The molecule has 3 nitrogen and oxygen atoms in total. The zero-order chi connectivity index (χ0) is 12.2. The number of aryl methyl sites for hydroxylation is 1. The molecule has 0 saturated carbocycles. The van der Waals surface area contributed by atoms with Crippen LogP contribution in [0.25, 0.3) is 0 Å². The molecule has 0 unspecified atom stereocenters. The summed E-state index contributed by atoms with van der Waals surface area (Å²) in [5.74, 6) is 0.359. The van der Waals surface area contributed by atoms with Crippen LogP contribution in [0.1, 0.15) is 12.5 Å². The molecule has 16 heavy (non-hydrogen) atoms. The number of allylic oxidation sites excluding steroid dienone is 2. The van der Waals surface area contributed by atoms with Crippen molar-refractivity contribution in [3.8, 4) is 0 Å². The lowest BCUT2D eigenvalue weighted by atomic mass is 10.2. The minimum Gasteiger partial charge on any atom is -0.384 e. The molecule has 0 amide bonds. The molecular formula is C11H13BrO3S. The van der Waals surface area contributed by atoms with E-state index in [-0.39, 0.29) is 4.90 Å². The quantitative estimate of drug-likeness (QED) is 0.488. The number of hydrogen-bond donors (Lipinski definition) is 0. The van der Waals surface area contributed by atoms with Gasteiger partial charge in [0.05, 0.1) is 0 Å². The van der Waals surface area contributed by atoms with Gasteiger partial charge in [0.25, 0.3) is 0 Å². The molecular weight excluding hydrogens is 292 g/mol. The molecule has 0 bridgehead atoms. The van der Waals surface area contributed by atoms with Crippen molar-refractivity contribution in [3.05, 3.63) is 41.7 Å². The van der Waals surface area contributed by atoms with Crippen LogP contribution >= 0.6 is 15.9 Å². The highest BCUT2D eigenvalue weighted by Gasteiger charge is 2.15. The molecule has 0 heterocycles.